The van der Waals surface area contributed by atoms with Crippen LogP contribution in [0.3, 0.4) is 0 Å². The van der Waals surface area contributed by atoms with E-state index >= 15 is 0 Å². The molecule has 1 aromatic rings. The second-order valence-electron chi connectivity index (χ2n) is 4.91. The average molecular weight is 220 g/mol. The molecule has 1 fully saturated rings. The first-order valence-electron chi connectivity index (χ1n) is 6.05. The molecular weight excluding hydrogens is 200 g/mol. The third kappa shape index (κ3) is 2.22. The van der Waals surface area contributed by atoms with Gasteiger partial charge in [-0.2, -0.15) is 0 Å². The van der Waals surface area contributed by atoms with E-state index in [1.54, 1.807) is 0 Å². The molecule has 0 bridgehead atoms. The molecule has 2 unspecified atom stereocenters. The lowest BCUT2D eigenvalue weighted by Gasteiger charge is -2.24. The second-order valence-corrected chi connectivity index (χ2v) is 4.91. The van der Waals surface area contributed by atoms with Gasteiger partial charge in [-0.05, 0) is 49.3 Å². The molecule has 0 amide bonds. The summed E-state index contributed by atoms with van der Waals surface area (Å²) < 4.78 is 5.43. The van der Waals surface area contributed by atoms with Gasteiger partial charge in [0, 0.05) is 0 Å². The topological polar surface area (TPSA) is 29.5 Å². The van der Waals surface area contributed by atoms with Crippen LogP contribution in [-0.2, 0) is 5.41 Å². The van der Waals surface area contributed by atoms with Gasteiger partial charge in [-0.3, -0.25) is 0 Å². The predicted octanol–water partition coefficient (Wildman–Crippen LogP) is 2.89. The highest BCUT2D eigenvalue weighted by atomic mass is 16.5. The first-order valence-corrected chi connectivity index (χ1v) is 6.05. The number of ether oxygens (including phenoxy) is 1. The number of aliphatic hydroxyl groups excluding tert-OH is 1. The van der Waals surface area contributed by atoms with Crippen molar-refractivity contribution in [1.82, 2.24) is 0 Å². The zero-order valence-corrected chi connectivity index (χ0v) is 10.1. The summed E-state index contributed by atoms with van der Waals surface area (Å²) in [5.41, 5.74) is 1.46. The molecule has 0 spiro atoms. The van der Waals surface area contributed by atoms with Crippen LogP contribution in [0, 0.1) is 0 Å². The molecule has 1 aliphatic rings. The van der Waals surface area contributed by atoms with Gasteiger partial charge in [0.2, 0.25) is 0 Å². The minimum atomic E-state index is -0.128. The van der Waals surface area contributed by atoms with Crippen LogP contribution in [0.1, 0.15) is 38.7 Å². The molecule has 2 nitrogen and oxygen atoms in total. The van der Waals surface area contributed by atoms with Crippen LogP contribution >= 0.6 is 0 Å². The normalized spacial score (nSPS) is 29.3. The van der Waals surface area contributed by atoms with Gasteiger partial charge in [0.15, 0.2) is 0 Å². The Morgan fingerprint density at radius 2 is 2.06 bits per heavy atom. The van der Waals surface area contributed by atoms with Gasteiger partial charge in [-0.15, -0.1) is 0 Å². The molecular formula is C14H20O2. The molecule has 0 radical (unpaired) electrons. The summed E-state index contributed by atoms with van der Waals surface area (Å²) in [7, 11) is 0. The van der Waals surface area contributed by atoms with E-state index in [4.69, 9.17) is 4.74 Å². The number of benzene rings is 1. The van der Waals surface area contributed by atoms with Crippen molar-refractivity contribution in [1.29, 1.82) is 0 Å². The fraction of sp³-hybridized carbons (Fsp3) is 0.571. The lowest BCUT2D eigenvalue weighted by molar-refractivity contribution is 0.175. The van der Waals surface area contributed by atoms with Crippen molar-refractivity contribution in [3.63, 3.8) is 0 Å². The monoisotopic (exact) mass is 220 g/mol. The van der Waals surface area contributed by atoms with Crippen molar-refractivity contribution in [3.8, 4) is 5.75 Å². The molecule has 16 heavy (non-hydrogen) atoms. The molecule has 2 heteroatoms. The van der Waals surface area contributed by atoms with Gasteiger partial charge in [-0.25, -0.2) is 0 Å². The fourth-order valence-electron chi connectivity index (χ4n) is 2.59. The SMILES string of the molecule is CCOc1ccc(C2(C)CCC(O)C2)cc1. The molecule has 2 rings (SSSR count). The van der Waals surface area contributed by atoms with Crippen molar-refractivity contribution in [3.05, 3.63) is 29.8 Å². The Morgan fingerprint density at radius 3 is 2.56 bits per heavy atom. The maximum absolute atomic E-state index is 9.64. The van der Waals surface area contributed by atoms with Crippen LogP contribution in [0.25, 0.3) is 0 Å². The maximum atomic E-state index is 9.64. The maximum Gasteiger partial charge on any atom is 0.119 e. The Hall–Kier alpha value is -1.02. The summed E-state index contributed by atoms with van der Waals surface area (Å²) in [5.74, 6) is 0.924. The largest absolute Gasteiger partial charge is 0.494 e. The smallest absolute Gasteiger partial charge is 0.119 e. The molecule has 0 heterocycles. The summed E-state index contributed by atoms with van der Waals surface area (Å²) in [6.45, 7) is 4.93. The summed E-state index contributed by atoms with van der Waals surface area (Å²) in [5, 5.41) is 9.64. The lowest BCUT2D eigenvalue weighted by atomic mass is 9.81. The molecule has 2 atom stereocenters. The van der Waals surface area contributed by atoms with E-state index in [1.807, 2.05) is 19.1 Å². The van der Waals surface area contributed by atoms with Gasteiger partial charge in [0.05, 0.1) is 12.7 Å². The molecule has 88 valence electrons. The molecule has 0 aromatic heterocycles. The number of hydrogen-bond donors (Lipinski definition) is 1. The van der Waals surface area contributed by atoms with Crippen LogP contribution in [0.2, 0.25) is 0 Å². The minimum Gasteiger partial charge on any atom is -0.494 e. The third-order valence-corrected chi connectivity index (χ3v) is 3.58. The van der Waals surface area contributed by atoms with E-state index < -0.39 is 0 Å². The molecule has 1 aliphatic carbocycles. The lowest BCUT2D eigenvalue weighted by Crippen LogP contribution is -2.18. The van der Waals surface area contributed by atoms with Crippen LogP contribution in [0.15, 0.2) is 24.3 Å². The first kappa shape index (κ1) is 11.5. The van der Waals surface area contributed by atoms with Gasteiger partial charge >= 0.3 is 0 Å². The quantitative estimate of drug-likeness (QED) is 0.848. The van der Waals surface area contributed by atoms with Crippen molar-refractivity contribution < 1.29 is 9.84 Å². The fourth-order valence-corrected chi connectivity index (χ4v) is 2.59. The van der Waals surface area contributed by atoms with Crippen molar-refractivity contribution in [2.24, 2.45) is 0 Å². The van der Waals surface area contributed by atoms with Gasteiger partial charge < -0.3 is 9.84 Å². The van der Waals surface area contributed by atoms with Crippen molar-refractivity contribution in [2.75, 3.05) is 6.61 Å². The second kappa shape index (κ2) is 4.46. The Kier molecular flexibility index (Phi) is 3.20. The molecule has 0 aliphatic heterocycles. The Bertz CT molecular complexity index is 344. The highest BCUT2D eigenvalue weighted by Crippen LogP contribution is 2.41. The standard InChI is InChI=1S/C14H20O2/c1-3-16-13-6-4-11(5-7-13)14(2)9-8-12(15)10-14/h4-7,12,15H,3,8-10H2,1-2H3. The van der Waals surface area contributed by atoms with Crippen LogP contribution < -0.4 is 4.74 Å². The van der Waals surface area contributed by atoms with E-state index in [9.17, 15) is 5.11 Å². The van der Waals surface area contributed by atoms with Crippen molar-refractivity contribution >= 4 is 0 Å². The molecule has 1 saturated carbocycles. The Morgan fingerprint density at radius 1 is 1.38 bits per heavy atom. The van der Waals surface area contributed by atoms with Gasteiger partial charge in [-0.1, -0.05) is 19.1 Å². The zero-order valence-electron chi connectivity index (χ0n) is 10.1. The summed E-state index contributed by atoms with van der Waals surface area (Å²) in [4.78, 5) is 0. The Balaban J connectivity index is 2.15. The Labute approximate surface area is 97.3 Å². The molecule has 0 saturated heterocycles. The summed E-state index contributed by atoms with van der Waals surface area (Å²) in [6, 6.07) is 8.30. The van der Waals surface area contributed by atoms with E-state index in [-0.39, 0.29) is 11.5 Å². The first-order chi connectivity index (χ1) is 7.64. The predicted molar refractivity (Wildman–Crippen MR) is 64.8 cm³/mol. The average Bonchev–Trinajstić information content (AvgIpc) is 2.61. The van der Waals surface area contributed by atoms with E-state index in [0.717, 1.165) is 25.0 Å². The number of hydrogen-bond acceptors (Lipinski definition) is 2. The van der Waals surface area contributed by atoms with E-state index in [2.05, 4.69) is 19.1 Å². The van der Waals surface area contributed by atoms with Crippen LogP contribution in [-0.4, -0.2) is 17.8 Å². The van der Waals surface area contributed by atoms with Gasteiger partial charge in [0.1, 0.15) is 5.75 Å². The van der Waals surface area contributed by atoms with E-state index in [1.165, 1.54) is 5.56 Å². The molecule has 1 N–H and O–H groups in total. The van der Waals surface area contributed by atoms with Crippen LogP contribution in [0.5, 0.6) is 5.75 Å². The number of aliphatic hydroxyl groups is 1. The van der Waals surface area contributed by atoms with Crippen molar-refractivity contribution in [2.45, 2.75) is 44.6 Å². The third-order valence-electron chi connectivity index (χ3n) is 3.58. The highest BCUT2D eigenvalue weighted by molar-refractivity contribution is 5.32. The number of rotatable bonds is 3. The summed E-state index contributed by atoms with van der Waals surface area (Å²) in [6.07, 6.45) is 2.74. The summed E-state index contributed by atoms with van der Waals surface area (Å²) >= 11 is 0. The highest BCUT2D eigenvalue weighted by Gasteiger charge is 2.35. The molecule has 1 aromatic carbocycles. The minimum absolute atomic E-state index is 0.128. The van der Waals surface area contributed by atoms with E-state index in [0.29, 0.717) is 6.61 Å². The zero-order chi connectivity index (χ0) is 11.6. The van der Waals surface area contributed by atoms with Crippen LogP contribution in [0.4, 0.5) is 0 Å². The van der Waals surface area contributed by atoms with Gasteiger partial charge in [0.25, 0.3) is 0 Å².